The van der Waals surface area contributed by atoms with Crippen molar-refractivity contribution >= 4 is 33.5 Å². The van der Waals surface area contributed by atoms with Crippen LogP contribution in [0.5, 0.6) is 11.5 Å². The molecule has 2 aromatic heterocycles. The first-order chi connectivity index (χ1) is 32.0. The summed E-state index contributed by atoms with van der Waals surface area (Å²) in [6.07, 6.45) is 1.90. The molecule has 0 unspecified atom stereocenters. The van der Waals surface area contributed by atoms with Gasteiger partial charge >= 0.3 is 21.1 Å². The number of para-hydroxylation sites is 1. The Kier molecular flexibility index (Phi) is 12.5. The standard InChI is InChI=1S/C62H64N4O.Pt/c1-37(2)43-30-44(59-64-53(56(41-21-15-13-16-22-41)42-23-17-14-18-24-42)36-65(59)57-47(38(3)4)25-19-26-48(57)39(5)6)32-46(31-43)67-55-35-54-51(29-40(55)7)62(11,12)52-34-45(61(8,9)10)33-50-49-27-20-28-63-60(49)66(54)58(50)52;/h13-31,33-34,37-39,53,56H,36H2,1-12H3;/q-2;+2/t53-;/m0./s1. The Hall–Kier alpha value is -5.77. The van der Waals surface area contributed by atoms with Crippen molar-refractivity contribution in [2.75, 3.05) is 11.4 Å². The molecule has 68 heavy (non-hydrogen) atoms. The molecule has 6 aromatic carbocycles. The van der Waals surface area contributed by atoms with Crippen molar-refractivity contribution in [2.24, 2.45) is 4.99 Å². The summed E-state index contributed by atoms with van der Waals surface area (Å²) in [5, 5.41) is 2.37. The number of rotatable bonds is 10. The average Bonchev–Trinajstić information content (AvgIpc) is 3.89. The van der Waals surface area contributed by atoms with E-state index in [1.807, 2.05) is 6.20 Å². The number of aliphatic imine (C=N–C) groups is 1. The van der Waals surface area contributed by atoms with Crippen molar-refractivity contribution in [3.8, 4) is 17.2 Å². The van der Waals surface area contributed by atoms with E-state index < -0.39 is 0 Å². The molecule has 4 heterocycles. The summed E-state index contributed by atoms with van der Waals surface area (Å²) >= 11 is 0. The number of pyridine rings is 1. The van der Waals surface area contributed by atoms with Crippen LogP contribution in [0.4, 0.5) is 5.69 Å². The number of aromatic nitrogens is 2. The second kappa shape index (κ2) is 18.0. The van der Waals surface area contributed by atoms with Crippen LogP contribution in [0.15, 0.2) is 133 Å². The van der Waals surface area contributed by atoms with E-state index in [9.17, 15) is 0 Å². The number of anilines is 1. The van der Waals surface area contributed by atoms with Crippen LogP contribution in [-0.2, 0) is 31.9 Å². The third-order valence-corrected chi connectivity index (χ3v) is 14.5. The molecule has 8 aromatic rings. The SMILES string of the molecule is Cc1cc2c([c-]c1Oc1[c-]c(C3=N[C@H](C(c4ccccc4)c4ccccc4)CN3c3c(C(C)C)cccc3C(C)C)cc(C(C)C)c1)-n1c3ncccc3c3cc(C(C)(C)C)cc(c31)C2(C)C.[Pt+2]. The maximum absolute atomic E-state index is 7.13. The third kappa shape index (κ3) is 8.13. The van der Waals surface area contributed by atoms with Gasteiger partial charge in [-0.15, -0.1) is 34.4 Å². The van der Waals surface area contributed by atoms with Crippen molar-refractivity contribution in [2.45, 2.75) is 124 Å². The van der Waals surface area contributed by atoms with Crippen LogP contribution in [-0.4, -0.2) is 28.0 Å². The molecule has 0 aliphatic carbocycles. The molecule has 2 aliphatic heterocycles. The topological polar surface area (TPSA) is 42.6 Å². The molecule has 2 aliphatic rings. The van der Waals surface area contributed by atoms with Gasteiger partial charge in [0.25, 0.3) is 0 Å². The summed E-state index contributed by atoms with van der Waals surface area (Å²) < 4.78 is 9.46. The predicted molar refractivity (Wildman–Crippen MR) is 279 cm³/mol. The maximum Gasteiger partial charge on any atom is 2.00 e. The summed E-state index contributed by atoms with van der Waals surface area (Å²) in [4.78, 5) is 13.4. The van der Waals surface area contributed by atoms with E-state index in [1.165, 1.54) is 61.1 Å². The number of nitrogens with zero attached hydrogens (tertiary/aromatic N) is 4. The summed E-state index contributed by atoms with van der Waals surface area (Å²) in [7, 11) is 0. The zero-order valence-electron chi connectivity index (χ0n) is 41.7. The zero-order valence-corrected chi connectivity index (χ0v) is 44.0. The Morgan fingerprint density at radius 3 is 1.94 bits per heavy atom. The van der Waals surface area contributed by atoms with Gasteiger partial charge in [0, 0.05) is 46.6 Å². The van der Waals surface area contributed by atoms with Crippen LogP contribution >= 0.6 is 0 Å². The molecule has 0 saturated heterocycles. The first-order valence-corrected chi connectivity index (χ1v) is 24.4. The quantitative estimate of drug-likeness (QED) is 0.128. The zero-order chi connectivity index (χ0) is 47.1. The first kappa shape index (κ1) is 47.3. The van der Waals surface area contributed by atoms with Crippen molar-refractivity contribution in [1.29, 1.82) is 0 Å². The summed E-state index contributed by atoms with van der Waals surface area (Å²) in [5.41, 5.74) is 16.2. The summed E-state index contributed by atoms with van der Waals surface area (Å²) in [6, 6.07) is 52.2. The van der Waals surface area contributed by atoms with E-state index in [0.717, 1.165) is 40.2 Å². The van der Waals surface area contributed by atoms with E-state index in [-0.39, 0.29) is 49.8 Å². The minimum Gasteiger partial charge on any atom is -0.503 e. The monoisotopic (exact) mass is 1080 g/mol. The van der Waals surface area contributed by atoms with E-state index in [2.05, 4.69) is 226 Å². The normalized spacial score (nSPS) is 15.4. The summed E-state index contributed by atoms with van der Waals surface area (Å²) in [5.74, 6) is 3.16. The Morgan fingerprint density at radius 1 is 0.691 bits per heavy atom. The number of hydrogen-bond acceptors (Lipinski definition) is 4. The van der Waals surface area contributed by atoms with Crippen molar-refractivity contribution < 1.29 is 25.8 Å². The van der Waals surface area contributed by atoms with E-state index in [1.54, 1.807) is 0 Å². The van der Waals surface area contributed by atoms with E-state index in [4.69, 9.17) is 14.7 Å². The number of hydrogen-bond donors (Lipinski definition) is 0. The van der Waals surface area contributed by atoms with Gasteiger partial charge in [-0.2, -0.15) is 6.07 Å². The molecule has 5 nitrogen and oxygen atoms in total. The fraction of sp³-hybridized carbons (Fsp3) is 0.323. The molecule has 0 N–H and O–H groups in total. The van der Waals surface area contributed by atoms with Crippen molar-refractivity contribution in [3.63, 3.8) is 0 Å². The second-order valence-electron chi connectivity index (χ2n) is 21.5. The van der Waals surface area contributed by atoms with Gasteiger partial charge in [0.2, 0.25) is 0 Å². The number of benzene rings is 6. The summed E-state index contributed by atoms with van der Waals surface area (Å²) in [6.45, 7) is 28.2. The number of amidine groups is 1. The molecule has 0 radical (unpaired) electrons. The molecule has 348 valence electrons. The smallest absolute Gasteiger partial charge is 0.503 e. The second-order valence-corrected chi connectivity index (χ2v) is 21.5. The minimum atomic E-state index is -0.297. The van der Waals surface area contributed by atoms with Crippen molar-refractivity contribution in [1.82, 2.24) is 9.55 Å². The third-order valence-electron chi connectivity index (χ3n) is 14.5. The largest absolute Gasteiger partial charge is 2.00 e. The van der Waals surface area contributed by atoms with Crippen LogP contribution in [0, 0.1) is 19.1 Å². The number of aryl methyl sites for hydroxylation is 1. The molecule has 1 atom stereocenters. The van der Waals surface area contributed by atoms with Gasteiger partial charge in [-0.1, -0.05) is 186 Å². The van der Waals surface area contributed by atoms with Crippen LogP contribution < -0.4 is 9.64 Å². The van der Waals surface area contributed by atoms with Crippen LogP contribution in [0.25, 0.3) is 27.6 Å². The van der Waals surface area contributed by atoms with Gasteiger partial charge in [-0.25, -0.2) is 4.98 Å². The van der Waals surface area contributed by atoms with Gasteiger partial charge in [-0.3, -0.25) is 0 Å². The van der Waals surface area contributed by atoms with Gasteiger partial charge in [0.1, 0.15) is 5.65 Å². The first-order valence-electron chi connectivity index (χ1n) is 24.4. The molecular weight excluding hydrogens is 1010 g/mol. The Bertz CT molecular complexity index is 3140. The van der Waals surface area contributed by atoms with E-state index >= 15 is 0 Å². The van der Waals surface area contributed by atoms with Crippen LogP contribution in [0.3, 0.4) is 0 Å². The van der Waals surface area contributed by atoms with Gasteiger partial charge < -0.3 is 19.2 Å². The Labute approximate surface area is 419 Å². The fourth-order valence-corrected chi connectivity index (χ4v) is 10.7. The minimum absolute atomic E-state index is 0. The molecule has 0 spiro atoms. The van der Waals surface area contributed by atoms with E-state index in [0.29, 0.717) is 23.3 Å². The number of ether oxygens (including phenoxy) is 1. The van der Waals surface area contributed by atoms with Crippen LogP contribution in [0.2, 0.25) is 0 Å². The molecule has 0 fully saturated rings. The van der Waals surface area contributed by atoms with Gasteiger partial charge in [0.15, 0.2) is 0 Å². The van der Waals surface area contributed by atoms with Gasteiger partial charge in [0.05, 0.1) is 17.4 Å². The predicted octanol–water partition coefficient (Wildman–Crippen LogP) is 15.7. The van der Waals surface area contributed by atoms with Gasteiger partial charge in [-0.05, 0) is 80.2 Å². The molecule has 0 saturated carbocycles. The fourth-order valence-electron chi connectivity index (χ4n) is 10.7. The molecule has 10 rings (SSSR count). The molecule has 6 heteroatoms. The van der Waals surface area contributed by atoms with Crippen LogP contribution in [0.1, 0.15) is 155 Å². The molecular formula is C62H64N4OPt. The average molecular weight is 1080 g/mol. The van der Waals surface area contributed by atoms with Crippen molar-refractivity contribution in [3.05, 3.63) is 195 Å². The maximum atomic E-state index is 7.13. The number of fused-ring (bicyclic) bond motifs is 5. The molecule has 0 bridgehead atoms. The molecule has 0 amide bonds. The Morgan fingerprint density at radius 2 is 1.34 bits per heavy atom. The Balaban J connectivity index is 0.00000578.